The molecule has 0 saturated heterocycles. The highest BCUT2D eigenvalue weighted by Crippen LogP contribution is 2.36. The predicted octanol–water partition coefficient (Wildman–Crippen LogP) is 4.70. The van der Waals surface area contributed by atoms with Gasteiger partial charge in [-0.1, -0.05) is 93.6 Å². The molecule has 1 heterocycles. The van der Waals surface area contributed by atoms with Crippen molar-refractivity contribution in [1.82, 2.24) is 9.96 Å². The van der Waals surface area contributed by atoms with Gasteiger partial charge in [0.05, 0.1) is 11.1 Å². The fourth-order valence-corrected chi connectivity index (χ4v) is 4.31. The third-order valence-corrected chi connectivity index (χ3v) is 5.84. The number of imide groups is 1. The predicted molar refractivity (Wildman–Crippen MR) is 124 cm³/mol. The minimum Gasteiger partial charge on any atom is -0.285 e. The van der Waals surface area contributed by atoms with Gasteiger partial charge in [0.15, 0.2) is 0 Å². The Balaban J connectivity index is 1.77. The van der Waals surface area contributed by atoms with Crippen LogP contribution in [-0.4, -0.2) is 38.9 Å². The summed E-state index contributed by atoms with van der Waals surface area (Å²) in [5, 5.41) is 12.0. The van der Waals surface area contributed by atoms with Gasteiger partial charge in [-0.3, -0.25) is 24.5 Å². The summed E-state index contributed by atoms with van der Waals surface area (Å²) in [7, 11) is 0. The zero-order valence-electron chi connectivity index (χ0n) is 18.8. The van der Waals surface area contributed by atoms with E-state index in [0.717, 1.165) is 4.90 Å². The number of rotatable bonds is 5. The molecule has 0 saturated carbocycles. The van der Waals surface area contributed by atoms with Gasteiger partial charge in [0.2, 0.25) is 0 Å². The molecule has 0 fully saturated rings. The third kappa shape index (κ3) is 4.05. The van der Waals surface area contributed by atoms with Gasteiger partial charge >= 0.3 is 0 Å². The van der Waals surface area contributed by atoms with Crippen LogP contribution < -0.4 is 0 Å². The lowest BCUT2D eigenvalue weighted by Crippen LogP contribution is -2.56. The van der Waals surface area contributed by atoms with E-state index in [1.54, 1.807) is 45.0 Å². The van der Waals surface area contributed by atoms with Gasteiger partial charge in [0, 0.05) is 0 Å². The normalized spacial score (nSPS) is 14.4. The minimum absolute atomic E-state index is 0.261. The van der Waals surface area contributed by atoms with Crippen molar-refractivity contribution in [3.05, 3.63) is 107 Å². The SMILES string of the molecule is CC(C)(C)[C@@H](C(=O)N(O)C(c1ccccc1)c1ccccc1)N1C(=O)c2ccccc2C1=O. The number of hydrogen-bond donors (Lipinski definition) is 1. The minimum atomic E-state index is -1.20. The Morgan fingerprint density at radius 3 is 1.55 bits per heavy atom. The van der Waals surface area contributed by atoms with Crippen LogP contribution in [0.1, 0.15) is 58.7 Å². The maximum absolute atomic E-state index is 13.8. The van der Waals surface area contributed by atoms with Crippen LogP contribution in [0.2, 0.25) is 0 Å². The molecule has 1 atom stereocenters. The topological polar surface area (TPSA) is 77.9 Å². The second-order valence-corrected chi connectivity index (χ2v) is 9.20. The van der Waals surface area contributed by atoms with Crippen LogP contribution in [0.15, 0.2) is 84.9 Å². The first-order chi connectivity index (χ1) is 15.7. The van der Waals surface area contributed by atoms with Crippen LogP contribution in [0.3, 0.4) is 0 Å². The van der Waals surface area contributed by atoms with Gasteiger partial charge in [0.1, 0.15) is 12.1 Å². The number of hydroxylamine groups is 2. The van der Waals surface area contributed by atoms with Crippen LogP contribution in [0.25, 0.3) is 0 Å². The molecule has 0 bridgehead atoms. The third-order valence-electron chi connectivity index (χ3n) is 5.84. The lowest BCUT2D eigenvalue weighted by molar-refractivity contribution is -0.181. The van der Waals surface area contributed by atoms with Crippen LogP contribution in [0.5, 0.6) is 0 Å². The van der Waals surface area contributed by atoms with E-state index in [0.29, 0.717) is 16.2 Å². The Kier molecular flexibility index (Phi) is 5.87. The molecular weight excluding hydrogens is 416 g/mol. The first-order valence-electron chi connectivity index (χ1n) is 10.8. The molecule has 3 amide bonds. The zero-order valence-corrected chi connectivity index (χ0v) is 18.8. The second-order valence-electron chi connectivity index (χ2n) is 9.20. The molecule has 0 aliphatic carbocycles. The highest BCUT2D eigenvalue weighted by Gasteiger charge is 2.49. The number of nitrogens with zero attached hydrogens (tertiary/aromatic N) is 2. The molecule has 168 valence electrons. The Morgan fingerprint density at radius 2 is 1.15 bits per heavy atom. The van der Waals surface area contributed by atoms with Gasteiger partial charge in [-0.25, -0.2) is 5.06 Å². The number of amides is 3. The Hall–Kier alpha value is -3.77. The van der Waals surface area contributed by atoms with E-state index >= 15 is 0 Å². The first kappa shape index (κ1) is 22.4. The lowest BCUT2D eigenvalue weighted by Gasteiger charge is -2.39. The molecule has 6 heteroatoms. The van der Waals surface area contributed by atoms with Gasteiger partial charge in [0.25, 0.3) is 17.7 Å². The van der Waals surface area contributed by atoms with Gasteiger partial charge in [-0.15, -0.1) is 0 Å². The van der Waals surface area contributed by atoms with Crippen molar-refractivity contribution in [3.8, 4) is 0 Å². The maximum Gasteiger partial charge on any atom is 0.270 e. The average molecular weight is 443 g/mol. The largest absolute Gasteiger partial charge is 0.285 e. The van der Waals surface area contributed by atoms with E-state index in [-0.39, 0.29) is 11.1 Å². The molecule has 0 spiro atoms. The van der Waals surface area contributed by atoms with Crippen molar-refractivity contribution in [3.63, 3.8) is 0 Å². The molecule has 1 aliphatic rings. The number of hydrogen-bond acceptors (Lipinski definition) is 4. The molecule has 6 nitrogen and oxygen atoms in total. The first-order valence-corrected chi connectivity index (χ1v) is 10.8. The van der Waals surface area contributed by atoms with Crippen molar-refractivity contribution in [1.29, 1.82) is 0 Å². The van der Waals surface area contributed by atoms with E-state index in [4.69, 9.17) is 0 Å². The summed E-state index contributed by atoms with van der Waals surface area (Å²) >= 11 is 0. The second kappa shape index (κ2) is 8.64. The summed E-state index contributed by atoms with van der Waals surface area (Å²) in [5.74, 6) is -1.80. The summed E-state index contributed by atoms with van der Waals surface area (Å²) in [5.41, 5.74) is 1.10. The van der Waals surface area contributed by atoms with E-state index < -0.39 is 35.2 Å². The Morgan fingerprint density at radius 1 is 0.758 bits per heavy atom. The fourth-order valence-electron chi connectivity index (χ4n) is 4.31. The van der Waals surface area contributed by atoms with Crippen LogP contribution in [0, 0.1) is 5.41 Å². The van der Waals surface area contributed by atoms with Gasteiger partial charge in [-0.2, -0.15) is 0 Å². The molecule has 1 N–H and O–H groups in total. The quantitative estimate of drug-likeness (QED) is 0.353. The monoisotopic (exact) mass is 442 g/mol. The number of fused-ring (bicyclic) bond motifs is 1. The molecule has 3 aromatic carbocycles. The molecule has 0 radical (unpaired) electrons. The van der Waals surface area contributed by atoms with Gasteiger partial charge < -0.3 is 0 Å². The molecule has 33 heavy (non-hydrogen) atoms. The highest BCUT2D eigenvalue weighted by atomic mass is 16.5. The molecule has 1 aliphatic heterocycles. The van der Waals surface area contributed by atoms with Crippen LogP contribution >= 0.6 is 0 Å². The molecule has 3 aromatic rings. The molecule has 0 aromatic heterocycles. The van der Waals surface area contributed by atoms with E-state index in [2.05, 4.69) is 0 Å². The van der Waals surface area contributed by atoms with Crippen LogP contribution in [0.4, 0.5) is 0 Å². The van der Waals surface area contributed by atoms with Crippen molar-refractivity contribution in [2.45, 2.75) is 32.9 Å². The highest BCUT2D eigenvalue weighted by molar-refractivity contribution is 6.22. The molecule has 0 unspecified atom stereocenters. The molecular formula is C27H26N2O4. The lowest BCUT2D eigenvalue weighted by atomic mass is 9.84. The fraction of sp³-hybridized carbons (Fsp3) is 0.222. The summed E-state index contributed by atoms with van der Waals surface area (Å²) < 4.78 is 0. The smallest absolute Gasteiger partial charge is 0.270 e. The van der Waals surface area contributed by atoms with Crippen LogP contribution in [-0.2, 0) is 4.79 Å². The van der Waals surface area contributed by atoms with Crippen molar-refractivity contribution in [2.75, 3.05) is 0 Å². The molecule has 4 rings (SSSR count). The number of benzene rings is 3. The Labute approximate surface area is 193 Å². The number of carbonyl (C=O) groups excluding carboxylic acids is 3. The summed E-state index contributed by atoms with van der Waals surface area (Å²) in [4.78, 5) is 41.2. The average Bonchev–Trinajstić information content (AvgIpc) is 3.05. The van der Waals surface area contributed by atoms with E-state index in [1.807, 2.05) is 60.7 Å². The standard InChI is InChI=1S/C27H26N2O4/c1-27(2,3)23(28-24(30)20-16-10-11-17-21(20)25(28)31)26(32)29(33)22(18-12-6-4-7-13-18)19-14-8-5-9-15-19/h4-17,22-23,33H,1-3H3/t23-/m1/s1. The van der Waals surface area contributed by atoms with Crippen molar-refractivity contribution >= 4 is 17.7 Å². The Bertz CT molecular complexity index is 1110. The van der Waals surface area contributed by atoms with E-state index in [9.17, 15) is 19.6 Å². The van der Waals surface area contributed by atoms with Crippen molar-refractivity contribution in [2.24, 2.45) is 5.41 Å². The summed E-state index contributed by atoms with van der Waals surface area (Å²) in [6, 6.07) is 22.8. The van der Waals surface area contributed by atoms with Gasteiger partial charge in [-0.05, 0) is 28.7 Å². The van der Waals surface area contributed by atoms with E-state index in [1.165, 1.54) is 0 Å². The maximum atomic E-state index is 13.8. The zero-order chi connectivity index (χ0) is 23.8. The summed E-state index contributed by atoms with van der Waals surface area (Å²) in [6.07, 6.45) is 0. The summed E-state index contributed by atoms with van der Waals surface area (Å²) in [6.45, 7) is 5.31. The van der Waals surface area contributed by atoms with Crippen molar-refractivity contribution < 1.29 is 19.6 Å². The number of carbonyl (C=O) groups is 3.